The Morgan fingerprint density at radius 2 is 1.88 bits per heavy atom. The van der Waals surface area contributed by atoms with Gasteiger partial charge < -0.3 is 9.99 Å². The summed E-state index contributed by atoms with van der Waals surface area (Å²) in [5.41, 5.74) is 11.1. The van der Waals surface area contributed by atoms with Gasteiger partial charge in [0.2, 0.25) is 0 Å². The molecule has 1 aliphatic rings. The van der Waals surface area contributed by atoms with Crippen LogP contribution in [-0.4, -0.2) is 10.5 Å². The van der Waals surface area contributed by atoms with Crippen LogP contribution in [0.15, 0.2) is 48.2 Å². The minimum atomic E-state index is -0.0998. The lowest BCUT2D eigenvalue weighted by molar-refractivity contribution is 0.0935. The van der Waals surface area contributed by atoms with Crippen LogP contribution >= 0.6 is 0 Å². The van der Waals surface area contributed by atoms with Crippen molar-refractivity contribution < 1.29 is 4.79 Å². The lowest BCUT2D eigenvalue weighted by atomic mass is 9.76. The maximum Gasteiger partial charge on any atom is 0.271 e. The van der Waals surface area contributed by atoms with E-state index in [0.29, 0.717) is 11.5 Å². The molecule has 26 heavy (non-hydrogen) atoms. The first-order valence-electron chi connectivity index (χ1n) is 9.29. The quantitative estimate of drug-likeness (QED) is 0.787. The summed E-state index contributed by atoms with van der Waals surface area (Å²) in [4.78, 5) is 12.7. The molecule has 0 saturated heterocycles. The molecule has 1 aliphatic carbocycles. The number of carbonyl (C=O) groups is 1. The zero-order valence-electron chi connectivity index (χ0n) is 16.4. The molecular weight excluding hydrogens is 322 g/mol. The standard InChI is InChI=1S/C22H29N3O/c1-15-11-18(14-22(4,5)13-15)23-24-21(26)20-12-16(2)25(17(20)3)19-9-7-6-8-10-19/h6-10,12,14-15,23H,11,13H2,1-5H3,(H,24,26)/t15-/m0/s1. The fourth-order valence-corrected chi connectivity index (χ4v) is 4.19. The average Bonchev–Trinajstić information content (AvgIpc) is 2.86. The van der Waals surface area contributed by atoms with Crippen molar-refractivity contribution in [3.63, 3.8) is 0 Å². The number of rotatable bonds is 4. The van der Waals surface area contributed by atoms with Crippen molar-refractivity contribution in [3.05, 3.63) is 65.1 Å². The second-order valence-corrected chi connectivity index (χ2v) is 8.21. The molecule has 0 radical (unpaired) electrons. The van der Waals surface area contributed by atoms with Gasteiger partial charge in [-0.25, -0.2) is 0 Å². The van der Waals surface area contributed by atoms with E-state index in [1.165, 1.54) is 6.42 Å². The Labute approximate surface area is 156 Å². The molecule has 1 atom stereocenters. The van der Waals surface area contributed by atoms with Gasteiger partial charge in [-0.1, -0.05) is 45.0 Å². The third kappa shape index (κ3) is 3.85. The number of hydrogen-bond acceptors (Lipinski definition) is 2. The van der Waals surface area contributed by atoms with Gasteiger partial charge >= 0.3 is 0 Å². The Hall–Kier alpha value is -2.49. The summed E-state index contributed by atoms with van der Waals surface area (Å²) >= 11 is 0. The largest absolute Gasteiger partial charge is 0.318 e. The van der Waals surface area contributed by atoms with Crippen molar-refractivity contribution in [2.24, 2.45) is 11.3 Å². The number of carbonyl (C=O) groups excluding carboxylic acids is 1. The van der Waals surface area contributed by atoms with E-state index < -0.39 is 0 Å². The zero-order valence-corrected chi connectivity index (χ0v) is 16.4. The number of benzene rings is 1. The van der Waals surface area contributed by atoms with Crippen LogP contribution in [0.25, 0.3) is 5.69 Å². The Balaban J connectivity index is 1.76. The van der Waals surface area contributed by atoms with Crippen molar-refractivity contribution in [3.8, 4) is 5.69 Å². The van der Waals surface area contributed by atoms with E-state index >= 15 is 0 Å². The second-order valence-electron chi connectivity index (χ2n) is 8.21. The fourth-order valence-electron chi connectivity index (χ4n) is 4.19. The van der Waals surface area contributed by atoms with Gasteiger partial charge in [-0.3, -0.25) is 10.2 Å². The van der Waals surface area contributed by atoms with Crippen LogP contribution in [-0.2, 0) is 0 Å². The molecule has 1 heterocycles. The fraction of sp³-hybridized carbons (Fsp3) is 0.409. The molecule has 0 aliphatic heterocycles. The predicted octanol–water partition coefficient (Wildman–Crippen LogP) is 4.67. The number of aryl methyl sites for hydroxylation is 1. The highest BCUT2D eigenvalue weighted by Crippen LogP contribution is 2.35. The van der Waals surface area contributed by atoms with E-state index in [1.54, 1.807) is 0 Å². The normalized spacial score (nSPS) is 19.0. The molecule has 1 aromatic carbocycles. The molecule has 0 bridgehead atoms. The van der Waals surface area contributed by atoms with Crippen molar-refractivity contribution >= 4 is 5.91 Å². The van der Waals surface area contributed by atoms with Crippen molar-refractivity contribution in [2.75, 3.05) is 0 Å². The topological polar surface area (TPSA) is 46.1 Å². The predicted molar refractivity (Wildman–Crippen MR) is 106 cm³/mol. The number of allylic oxidation sites excluding steroid dienone is 2. The highest BCUT2D eigenvalue weighted by atomic mass is 16.2. The zero-order chi connectivity index (χ0) is 18.9. The lowest BCUT2D eigenvalue weighted by Gasteiger charge is -2.32. The van der Waals surface area contributed by atoms with Crippen molar-refractivity contribution in [1.82, 2.24) is 15.4 Å². The number of hydrogen-bond donors (Lipinski definition) is 2. The van der Waals surface area contributed by atoms with E-state index in [1.807, 2.05) is 38.1 Å². The SMILES string of the molecule is Cc1cc(C(=O)NNC2=CC(C)(C)C[C@@H](C)C2)c(C)n1-c1ccccc1. The van der Waals surface area contributed by atoms with Gasteiger partial charge in [0, 0.05) is 22.8 Å². The first kappa shape index (κ1) is 18.3. The summed E-state index contributed by atoms with van der Waals surface area (Å²) in [6, 6.07) is 12.1. The molecule has 0 unspecified atom stereocenters. The number of hydrazine groups is 1. The highest BCUT2D eigenvalue weighted by molar-refractivity contribution is 5.95. The summed E-state index contributed by atoms with van der Waals surface area (Å²) in [6.45, 7) is 10.7. The molecule has 4 heteroatoms. The van der Waals surface area contributed by atoms with Gasteiger partial charge in [0.1, 0.15) is 0 Å². The molecule has 2 aromatic rings. The van der Waals surface area contributed by atoms with Gasteiger partial charge in [0.15, 0.2) is 0 Å². The van der Waals surface area contributed by atoms with E-state index in [0.717, 1.165) is 29.2 Å². The molecule has 0 saturated carbocycles. The molecule has 3 rings (SSSR count). The Kier molecular flexibility index (Phi) is 4.94. The third-order valence-corrected chi connectivity index (χ3v) is 5.03. The van der Waals surface area contributed by atoms with Crippen LogP contribution in [0.2, 0.25) is 0 Å². The number of nitrogens with zero attached hydrogens (tertiary/aromatic N) is 1. The molecule has 2 N–H and O–H groups in total. The Morgan fingerprint density at radius 1 is 1.19 bits per heavy atom. The molecule has 138 valence electrons. The van der Waals surface area contributed by atoms with Crippen molar-refractivity contribution in [1.29, 1.82) is 0 Å². The summed E-state index contributed by atoms with van der Waals surface area (Å²) in [6.07, 6.45) is 4.37. The van der Waals surface area contributed by atoms with Gasteiger partial charge in [0.25, 0.3) is 5.91 Å². The van der Waals surface area contributed by atoms with E-state index in [4.69, 9.17) is 0 Å². The first-order chi connectivity index (χ1) is 12.3. The number of nitrogens with one attached hydrogen (secondary N) is 2. The van der Waals surface area contributed by atoms with Crippen molar-refractivity contribution in [2.45, 2.75) is 47.5 Å². The average molecular weight is 351 g/mol. The Bertz CT molecular complexity index is 831. The first-order valence-corrected chi connectivity index (χ1v) is 9.29. The van der Waals surface area contributed by atoms with E-state index in [-0.39, 0.29) is 11.3 Å². The highest BCUT2D eigenvalue weighted by Gasteiger charge is 2.25. The molecule has 4 nitrogen and oxygen atoms in total. The molecule has 0 spiro atoms. The minimum absolute atomic E-state index is 0.0998. The van der Waals surface area contributed by atoms with E-state index in [2.05, 4.69) is 54.4 Å². The van der Waals surface area contributed by atoms with Crippen LogP contribution in [0.3, 0.4) is 0 Å². The molecule has 1 aromatic heterocycles. The van der Waals surface area contributed by atoms with Gasteiger partial charge in [0.05, 0.1) is 5.56 Å². The van der Waals surface area contributed by atoms with Crippen LogP contribution < -0.4 is 10.9 Å². The number of amides is 1. The van der Waals surface area contributed by atoms with Crippen LogP contribution in [0, 0.1) is 25.2 Å². The Morgan fingerprint density at radius 3 is 2.54 bits per heavy atom. The summed E-state index contributed by atoms with van der Waals surface area (Å²) in [5.74, 6) is 0.509. The summed E-state index contributed by atoms with van der Waals surface area (Å²) in [7, 11) is 0. The summed E-state index contributed by atoms with van der Waals surface area (Å²) < 4.78 is 2.11. The maximum atomic E-state index is 12.7. The minimum Gasteiger partial charge on any atom is -0.318 e. The molecule has 0 fully saturated rings. The van der Waals surface area contributed by atoms with Crippen LogP contribution in [0.1, 0.15) is 55.4 Å². The molecule has 1 amide bonds. The number of para-hydroxylation sites is 1. The van der Waals surface area contributed by atoms with Crippen LogP contribution in [0.5, 0.6) is 0 Å². The second kappa shape index (κ2) is 7.02. The monoisotopic (exact) mass is 351 g/mol. The maximum absolute atomic E-state index is 12.7. The van der Waals surface area contributed by atoms with Gasteiger partial charge in [-0.15, -0.1) is 0 Å². The molecular formula is C22H29N3O. The van der Waals surface area contributed by atoms with Crippen LogP contribution in [0.4, 0.5) is 0 Å². The number of aromatic nitrogens is 1. The third-order valence-electron chi connectivity index (χ3n) is 5.03. The lowest BCUT2D eigenvalue weighted by Crippen LogP contribution is -2.39. The van der Waals surface area contributed by atoms with Gasteiger partial charge in [-0.05, 0) is 56.2 Å². The van der Waals surface area contributed by atoms with E-state index in [9.17, 15) is 4.79 Å². The van der Waals surface area contributed by atoms with Gasteiger partial charge in [-0.2, -0.15) is 0 Å². The smallest absolute Gasteiger partial charge is 0.271 e. The summed E-state index contributed by atoms with van der Waals surface area (Å²) in [5, 5.41) is 0.